The highest BCUT2D eigenvalue weighted by Crippen LogP contribution is 2.31. The number of hydrogen-bond donors (Lipinski definition) is 0. The molecule has 1 aliphatic rings. The van der Waals surface area contributed by atoms with Gasteiger partial charge in [-0.15, -0.1) is 0 Å². The van der Waals surface area contributed by atoms with Crippen molar-refractivity contribution in [1.82, 2.24) is 29.4 Å². The Kier molecular flexibility index (Phi) is 6.26. The van der Waals surface area contributed by atoms with Gasteiger partial charge in [0.15, 0.2) is 12.4 Å². The number of halogens is 2. The molecular weight excluding hydrogens is 427 g/mol. The largest absolute Gasteiger partial charge is 0.470 e. The van der Waals surface area contributed by atoms with E-state index >= 15 is 0 Å². The molecule has 8 nitrogen and oxygen atoms in total. The van der Waals surface area contributed by atoms with Gasteiger partial charge in [-0.2, -0.15) is 10.2 Å². The van der Waals surface area contributed by atoms with Crippen molar-refractivity contribution < 1.29 is 9.53 Å². The molecule has 0 spiro atoms. The van der Waals surface area contributed by atoms with Gasteiger partial charge in [0, 0.05) is 57.7 Å². The molecule has 1 saturated heterocycles. The number of carbonyl (C=O) groups is 1. The van der Waals surface area contributed by atoms with Crippen LogP contribution in [0.15, 0.2) is 42.9 Å². The molecule has 0 radical (unpaired) electrons. The first-order valence-corrected chi connectivity index (χ1v) is 10.3. The summed E-state index contributed by atoms with van der Waals surface area (Å²) in [4.78, 5) is 16.9. The van der Waals surface area contributed by atoms with Crippen LogP contribution in [0.1, 0.15) is 16.1 Å². The Morgan fingerprint density at radius 1 is 1.17 bits per heavy atom. The highest BCUT2D eigenvalue weighted by atomic mass is 35.5. The van der Waals surface area contributed by atoms with Crippen LogP contribution in [-0.2, 0) is 20.3 Å². The van der Waals surface area contributed by atoms with E-state index in [4.69, 9.17) is 27.9 Å². The SMILES string of the molecule is Cn1cc(CN2CCN(C(=O)c3ccn(COc4cccc(Cl)c4Cl)n3)CC2)cn1. The molecule has 0 bridgehead atoms. The number of amides is 1. The van der Waals surface area contributed by atoms with Gasteiger partial charge in [0.05, 0.1) is 11.2 Å². The van der Waals surface area contributed by atoms with Crippen molar-refractivity contribution in [2.24, 2.45) is 7.05 Å². The highest BCUT2D eigenvalue weighted by molar-refractivity contribution is 6.42. The fourth-order valence-corrected chi connectivity index (χ4v) is 3.71. The van der Waals surface area contributed by atoms with Crippen molar-refractivity contribution in [2.75, 3.05) is 26.2 Å². The molecule has 30 heavy (non-hydrogen) atoms. The van der Waals surface area contributed by atoms with Gasteiger partial charge in [0.1, 0.15) is 10.8 Å². The fourth-order valence-electron chi connectivity index (χ4n) is 3.36. The van der Waals surface area contributed by atoms with E-state index in [1.807, 2.05) is 24.3 Å². The quantitative estimate of drug-likeness (QED) is 0.579. The van der Waals surface area contributed by atoms with Gasteiger partial charge < -0.3 is 9.64 Å². The summed E-state index contributed by atoms with van der Waals surface area (Å²) >= 11 is 12.1. The molecule has 1 amide bonds. The normalized spacial score (nSPS) is 14.8. The average molecular weight is 449 g/mol. The number of aryl methyl sites for hydroxylation is 1. The number of nitrogens with zero attached hydrogens (tertiary/aromatic N) is 6. The third kappa shape index (κ3) is 4.77. The predicted molar refractivity (Wildman–Crippen MR) is 114 cm³/mol. The first-order valence-electron chi connectivity index (χ1n) is 9.59. The third-order valence-corrected chi connectivity index (χ3v) is 5.75. The number of piperazine rings is 1. The molecule has 2 aromatic heterocycles. The van der Waals surface area contributed by atoms with E-state index in [-0.39, 0.29) is 12.6 Å². The van der Waals surface area contributed by atoms with Crippen LogP contribution in [0.25, 0.3) is 0 Å². The first kappa shape index (κ1) is 20.7. The Hall–Kier alpha value is -2.55. The molecule has 0 N–H and O–H groups in total. The monoisotopic (exact) mass is 448 g/mol. The second-order valence-corrected chi connectivity index (χ2v) is 7.94. The molecule has 158 valence electrons. The first-order chi connectivity index (χ1) is 14.5. The smallest absolute Gasteiger partial charge is 0.274 e. The molecule has 10 heteroatoms. The van der Waals surface area contributed by atoms with Crippen LogP contribution in [0.4, 0.5) is 0 Å². The van der Waals surface area contributed by atoms with Crippen LogP contribution in [0.2, 0.25) is 10.0 Å². The van der Waals surface area contributed by atoms with E-state index in [0.29, 0.717) is 34.6 Å². The topological polar surface area (TPSA) is 68.4 Å². The minimum atomic E-state index is -0.0736. The zero-order valence-corrected chi connectivity index (χ0v) is 18.1. The summed E-state index contributed by atoms with van der Waals surface area (Å²) in [5.41, 5.74) is 1.58. The lowest BCUT2D eigenvalue weighted by Gasteiger charge is -2.34. The molecule has 3 heterocycles. The van der Waals surface area contributed by atoms with E-state index in [1.165, 1.54) is 5.56 Å². The number of ether oxygens (including phenoxy) is 1. The lowest BCUT2D eigenvalue weighted by atomic mass is 10.2. The fraction of sp³-hybridized carbons (Fsp3) is 0.350. The van der Waals surface area contributed by atoms with Gasteiger partial charge in [-0.3, -0.25) is 14.4 Å². The summed E-state index contributed by atoms with van der Waals surface area (Å²) in [6.45, 7) is 3.94. The lowest BCUT2D eigenvalue weighted by Crippen LogP contribution is -2.48. The van der Waals surface area contributed by atoms with Crippen LogP contribution in [0.5, 0.6) is 5.75 Å². The molecule has 4 rings (SSSR count). The summed E-state index contributed by atoms with van der Waals surface area (Å²) in [7, 11) is 1.91. The number of rotatable bonds is 6. The maximum absolute atomic E-state index is 12.8. The van der Waals surface area contributed by atoms with Gasteiger partial charge in [0.2, 0.25) is 0 Å². The predicted octanol–water partition coefficient (Wildman–Crippen LogP) is 2.92. The van der Waals surface area contributed by atoms with Gasteiger partial charge in [-0.1, -0.05) is 29.3 Å². The summed E-state index contributed by atoms with van der Waals surface area (Å²) in [6, 6.07) is 6.88. The molecule has 0 aliphatic carbocycles. The van der Waals surface area contributed by atoms with E-state index in [2.05, 4.69) is 15.1 Å². The van der Waals surface area contributed by atoms with E-state index < -0.39 is 0 Å². The summed E-state index contributed by atoms with van der Waals surface area (Å²) in [5.74, 6) is 0.396. The molecule has 3 aromatic rings. The molecule has 1 aromatic carbocycles. The van der Waals surface area contributed by atoms with Crippen molar-refractivity contribution in [3.63, 3.8) is 0 Å². The molecule has 1 aliphatic heterocycles. The van der Waals surface area contributed by atoms with Crippen LogP contribution in [0, 0.1) is 0 Å². The van der Waals surface area contributed by atoms with E-state index in [9.17, 15) is 4.79 Å². The molecule has 1 fully saturated rings. The Morgan fingerprint density at radius 3 is 2.70 bits per heavy atom. The van der Waals surface area contributed by atoms with Crippen LogP contribution >= 0.6 is 23.2 Å². The maximum Gasteiger partial charge on any atom is 0.274 e. The standard InChI is InChI=1S/C20H22Cl2N6O2/c1-25-12-15(11-23-25)13-26-7-9-27(10-8-26)20(29)17-5-6-28(24-17)14-30-18-4-2-3-16(21)19(18)22/h2-6,11-12H,7-10,13-14H2,1H3. The van der Waals surface area contributed by atoms with Gasteiger partial charge in [-0.25, -0.2) is 4.68 Å². The number of benzene rings is 1. The second-order valence-electron chi connectivity index (χ2n) is 7.16. The lowest BCUT2D eigenvalue weighted by molar-refractivity contribution is 0.0621. The molecule has 0 atom stereocenters. The summed E-state index contributed by atoms with van der Waals surface area (Å²) < 4.78 is 9.02. The minimum Gasteiger partial charge on any atom is -0.470 e. The number of aromatic nitrogens is 4. The van der Waals surface area contributed by atoms with E-state index in [0.717, 1.165) is 19.6 Å². The van der Waals surface area contributed by atoms with E-state index in [1.54, 1.807) is 39.8 Å². The van der Waals surface area contributed by atoms with Gasteiger partial charge >= 0.3 is 0 Å². The van der Waals surface area contributed by atoms with Crippen LogP contribution in [-0.4, -0.2) is 61.4 Å². The van der Waals surface area contributed by atoms with Crippen molar-refractivity contribution in [1.29, 1.82) is 0 Å². The van der Waals surface area contributed by atoms with Crippen LogP contribution < -0.4 is 4.74 Å². The Labute approximate surface area is 184 Å². The number of carbonyl (C=O) groups excluding carboxylic acids is 1. The van der Waals surface area contributed by atoms with Crippen molar-refractivity contribution in [3.05, 3.63) is 64.2 Å². The van der Waals surface area contributed by atoms with Crippen molar-refractivity contribution in [3.8, 4) is 5.75 Å². The summed E-state index contributed by atoms with van der Waals surface area (Å²) in [5, 5.41) is 9.32. The maximum atomic E-state index is 12.8. The molecule has 0 saturated carbocycles. The third-order valence-electron chi connectivity index (χ3n) is 4.95. The van der Waals surface area contributed by atoms with Crippen molar-refractivity contribution >= 4 is 29.1 Å². The second kappa shape index (κ2) is 9.07. The Bertz CT molecular complexity index is 1030. The number of hydrogen-bond acceptors (Lipinski definition) is 5. The Morgan fingerprint density at radius 2 is 1.97 bits per heavy atom. The zero-order valence-electron chi connectivity index (χ0n) is 16.5. The highest BCUT2D eigenvalue weighted by Gasteiger charge is 2.24. The Balaban J connectivity index is 1.29. The average Bonchev–Trinajstić information content (AvgIpc) is 3.38. The summed E-state index contributed by atoms with van der Waals surface area (Å²) in [6.07, 6.45) is 5.61. The molecular formula is C20H22Cl2N6O2. The van der Waals surface area contributed by atoms with Crippen molar-refractivity contribution in [2.45, 2.75) is 13.3 Å². The van der Waals surface area contributed by atoms with Crippen LogP contribution in [0.3, 0.4) is 0 Å². The van der Waals surface area contributed by atoms with Gasteiger partial charge in [-0.05, 0) is 18.2 Å². The van der Waals surface area contributed by atoms with Gasteiger partial charge in [0.25, 0.3) is 5.91 Å². The molecule has 0 unspecified atom stereocenters. The zero-order chi connectivity index (χ0) is 21.1. The minimum absolute atomic E-state index is 0.0736.